The largest absolute Gasteiger partial charge is 0.271 e. The van der Waals surface area contributed by atoms with Gasteiger partial charge in [0.1, 0.15) is 0 Å². The number of hydrazine groups is 1. The van der Waals surface area contributed by atoms with Crippen molar-refractivity contribution in [2.75, 3.05) is 0 Å². The van der Waals surface area contributed by atoms with Crippen LogP contribution in [0.2, 0.25) is 0 Å². The third kappa shape index (κ3) is 2.43. The molecule has 0 bridgehead atoms. The number of hydrogen-bond donors (Lipinski definition) is 2. The van der Waals surface area contributed by atoms with Crippen LogP contribution in [-0.2, 0) is 0 Å². The van der Waals surface area contributed by atoms with E-state index in [0.29, 0.717) is 11.5 Å². The highest BCUT2D eigenvalue weighted by Crippen LogP contribution is 2.56. The number of nitrogens with two attached hydrogens (primary N) is 1. The molecule has 0 aromatic rings. The molecule has 0 radical (unpaired) electrons. The zero-order valence-corrected chi connectivity index (χ0v) is 11.1. The highest BCUT2D eigenvalue weighted by Gasteiger charge is 2.52. The summed E-state index contributed by atoms with van der Waals surface area (Å²) in [6.07, 6.45) is 8.35. The van der Waals surface area contributed by atoms with Gasteiger partial charge in [0.25, 0.3) is 0 Å². The van der Waals surface area contributed by atoms with Gasteiger partial charge in [-0.2, -0.15) is 0 Å². The van der Waals surface area contributed by atoms with E-state index in [9.17, 15) is 0 Å². The Kier molecular flexibility index (Phi) is 3.60. The van der Waals surface area contributed by atoms with Gasteiger partial charge < -0.3 is 0 Å². The van der Waals surface area contributed by atoms with Gasteiger partial charge in [-0.05, 0) is 42.4 Å². The van der Waals surface area contributed by atoms with E-state index >= 15 is 0 Å². The van der Waals surface area contributed by atoms with Crippen LogP contribution < -0.4 is 11.3 Å². The summed E-state index contributed by atoms with van der Waals surface area (Å²) in [7, 11) is 0. The van der Waals surface area contributed by atoms with Gasteiger partial charge in [-0.25, -0.2) is 0 Å². The van der Waals surface area contributed by atoms with Crippen molar-refractivity contribution in [2.45, 2.75) is 65.3 Å². The number of nitrogens with one attached hydrogen (secondary N) is 1. The number of rotatable bonds is 4. The summed E-state index contributed by atoms with van der Waals surface area (Å²) >= 11 is 0. The van der Waals surface area contributed by atoms with Crippen LogP contribution in [0.4, 0.5) is 0 Å². The van der Waals surface area contributed by atoms with Crippen LogP contribution in [0.5, 0.6) is 0 Å². The lowest BCUT2D eigenvalue weighted by Crippen LogP contribution is -2.45. The molecule has 16 heavy (non-hydrogen) atoms. The fraction of sp³-hybridized carbons (Fsp3) is 1.00. The minimum Gasteiger partial charge on any atom is -0.271 e. The van der Waals surface area contributed by atoms with E-state index in [2.05, 4.69) is 26.2 Å². The van der Waals surface area contributed by atoms with Crippen LogP contribution in [0.15, 0.2) is 0 Å². The fourth-order valence-electron chi connectivity index (χ4n) is 3.73. The highest BCUT2D eigenvalue weighted by atomic mass is 15.2. The summed E-state index contributed by atoms with van der Waals surface area (Å²) < 4.78 is 0. The molecule has 2 saturated carbocycles. The van der Waals surface area contributed by atoms with Crippen LogP contribution in [0, 0.1) is 23.2 Å². The van der Waals surface area contributed by atoms with Gasteiger partial charge in [0.15, 0.2) is 0 Å². The molecule has 2 aliphatic rings. The van der Waals surface area contributed by atoms with Crippen LogP contribution in [0.1, 0.15) is 59.3 Å². The van der Waals surface area contributed by atoms with E-state index in [-0.39, 0.29) is 0 Å². The van der Waals surface area contributed by atoms with Gasteiger partial charge in [0.05, 0.1) is 0 Å². The first-order valence-corrected chi connectivity index (χ1v) is 7.04. The first-order valence-electron chi connectivity index (χ1n) is 7.04. The van der Waals surface area contributed by atoms with Crippen molar-refractivity contribution in [2.24, 2.45) is 29.0 Å². The quantitative estimate of drug-likeness (QED) is 0.569. The van der Waals surface area contributed by atoms with Crippen LogP contribution >= 0.6 is 0 Å². The fourth-order valence-corrected chi connectivity index (χ4v) is 3.73. The third-order valence-electron chi connectivity index (χ3n) is 5.12. The zero-order valence-electron chi connectivity index (χ0n) is 11.1. The predicted octanol–water partition coefficient (Wildman–Crippen LogP) is 3.08. The summed E-state index contributed by atoms with van der Waals surface area (Å²) in [6, 6.07) is 0.573. The van der Waals surface area contributed by atoms with Crippen LogP contribution in [0.3, 0.4) is 0 Å². The van der Waals surface area contributed by atoms with Crippen molar-refractivity contribution in [3.63, 3.8) is 0 Å². The van der Waals surface area contributed by atoms with E-state index in [1.54, 1.807) is 0 Å². The summed E-state index contributed by atoms with van der Waals surface area (Å²) in [5.74, 6) is 8.40. The monoisotopic (exact) mass is 224 g/mol. The molecular formula is C14H28N2. The van der Waals surface area contributed by atoms with Crippen molar-refractivity contribution in [3.8, 4) is 0 Å². The summed E-state index contributed by atoms with van der Waals surface area (Å²) in [5, 5.41) is 0. The normalized spacial score (nSPS) is 39.4. The maximum absolute atomic E-state index is 5.80. The SMILES string of the molecule is CCC1CCCC(C(NN)C2CC2(C)C)C1. The molecule has 0 aromatic carbocycles. The third-order valence-corrected chi connectivity index (χ3v) is 5.12. The van der Waals surface area contributed by atoms with Crippen LogP contribution in [0.25, 0.3) is 0 Å². The highest BCUT2D eigenvalue weighted by molar-refractivity contribution is 5.03. The van der Waals surface area contributed by atoms with Crippen molar-refractivity contribution in [3.05, 3.63) is 0 Å². The van der Waals surface area contributed by atoms with Crippen molar-refractivity contribution in [1.82, 2.24) is 5.43 Å². The molecule has 0 amide bonds. The van der Waals surface area contributed by atoms with Crippen molar-refractivity contribution < 1.29 is 0 Å². The minimum absolute atomic E-state index is 0.538. The van der Waals surface area contributed by atoms with E-state index in [4.69, 9.17) is 5.84 Å². The van der Waals surface area contributed by atoms with Crippen molar-refractivity contribution >= 4 is 0 Å². The molecule has 4 atom stereocenters. The Morgan fingerprint density at radius 2 is 2.06 bits per heavy atom. The number of hydrogen-bond acceptors (Lipinski definition) is 2. The molecule has 2 nitrogen and oxygen atoms in total. The smallest absolute Gasteiger partial charge is 0.0272 e. The lowest BCUT2D eigenvalue weighted by molar-refractivity contribution is 0.186. The van der Waals surface area contributed by atoms with E-state index in [0.717, 1.165) is 17.8 Å². The molecule has 4 unspecified atom stereocenters. The molecule has 2 rings (SSSR count). The van der Waals surface area contributed by atoms with Gasteiger partial charge in [-0.15, -0.1) is 0 Å². The van der Waals surface area contributed by atoms with E-state index in [1.165, 1.54) is 38.5 Å². The van der Waals surface area contributed by atoms with Gasteiger partial charge in [0.2, 0.25) is 0 Å². The van der Waals surface area contributed by atoms with Gasteiger partial charge in [-0.3, -0.25) is 11.3 Å². The second-order valence-corrected chi connectivity index (χ2v) is 6.69. The molecule has 2 heteroatoms. The topological polar surface area (TPSA) is 38.0 Å². The maximum atomic E-state index is 5.80. The minimum atomic E-state index is 0.538. The predicted molar refractivity (Wildman–Crippen MR) is 68.7 cm³/mol. The van der Waals surface area contributed by atoms with E-state index in [1.807, 2.05) is 0 Å². The average Bonchev–Trinajstić information content (AvgIpc) is 2.89. The lowest BCUT2D eigenvalue weighted by atomic mass is 9.75. The molecule has 3 N–H and O–H groups in total. The average molecular weight is 224 g/mol. The molecule has 0 saturated heterocycles. The second-order valence-electron chi connectivity index (χ2n) is 6.69. The molecule has 0 spiro atoms. The summed E-state index contributed by atoms with van der Waals surface area (Å²) in [6.45, 7) is 7.09. The second kappa shape index (κ2) is 4.66. The maximum Gasteiger partial charge on any atom is 0.0272 e. The Morgan fingerprint density at radius 3 is 2.56 bits per heavy atom. The molecular weight excluding hydrogens is 196 g/mol. The molecule has 0 heterocycles. The summed E-state index contributed by atoms with van der Waals surface area (Å²) in [4.78, 5) is 0. The molecule has 0 aromatic heterocycles. The molecule has 2 fully saturated rings. The van der Waals surface area contributed by atoms with Crippen LogP contribution in [-0.4, -0.2) is 6.04 Å². The lowest BCUT2D eigenvalue weighted by Gasteiger charge is -2.34. The van der Waals surface area contributed by atoms with Gasteiger partial charge in [-0.1, -0.05) is 40.0 Å². The van der Waals surface area contributed by atoms with Gasteiger partial charge in [0, 0.05) is 6.04 Å². The molecule has 0 aliphatic heterocycles. The summed E-state index contributed by atoms with van der Waals surface area (Å²) in [5.41, 5.74) is 3.67. The van der Waals surface area contributed by atoms with Crippen molar-refractivity contribution in [1.29, 1.82) is 0 Å². The Labute approximate surface area is 100 Å². The first-order chi connectivity index (χ1) is 7.58. The zero-order chi connectivity index (χ0) is 11.8. The standard InChI is InChI=1S/C14H28N2/c1-4-10-6-5-7-11(8-10)13(16-15)12-9-14(12,2)3/h10-13,16H,4-9,15H2,1-3H3. The Morgan fingerprint density at radius 1 is 1.38 bits per heavy atom. The Balaban J connectivity index is 1.94. The van der Waals surface area contributed by atoms with Gasteiger partial charge >= 0.3 is 0 Å². The first kappa shape index (κ1) is 12.4. The Hall–Kier alpha value is -0.0800. The Bertz CT molecular complexity index is 237. The molecule has 94 valence electrons. The molecule has 2 aliphatic carbocycles. The van der Waals surface area contributed by atoms with E-state index < -0.39 is 0 Å².